The Morgan fingerprint density at radius 1 is 1.18 bits per heavy atom. The molecule has 0 aliphatic rings. The molecule has 1 aromatic rings. The van der Waals surface area contributed by atoms with E-state index in [0.717, 1.165) is 18.8 Å². The Bertz CT molecular complexity index is 440. The van der Waals surface area contributed by atoms with Crippen molar-refractivity contribution in [2.75, 3.05) is 39.5 Å². The summed E-state index contributed by atoms with van der Waals surface area (Å²) in [7, 11) is 2.07. The van der Waals surface area contributed by atoms with Crippen LogP contribution in [0.1, 0.15) is 0 Å². The second kappa shape index (κ2) is 6.00. The second-order valence-electron chi connectivity index (χ2n) is 3.96. The van der Waals surface area contributed by atoms with Crippen molar-refractivity contribution >= 4 is 15.7 Å². The molecule has 0 spiro atoms. The van der Waals surface area contributed by atoms with Gasteiger partial charge >= 0.3 is 0 Å². The van der Waals surface area contributed by atoms with Gasteiger partial charge in [-0.3, -0.25) is 0 Å². The second-order valence-corrected chi connectivity index (χ2v) is 5.85. The number of nitrogens with zero attached hydrogens (tertiary/aromatic N) is 1. The minimum absolute atomic E-state index is 0.276. The third-order valence-electron chi connectivity index (χ3n) is 2.32. The van der Waals surface area contributed by atoms with Crippen LogP contribution >= 0.6 is 0 Å². The molecule has 0 heterocycles. The number of benzene rings is 1. The molecule has 5 nitrogen and oxygen atoms in total. The summed E-state index contributed by atoms with van der Waals surface area (Å²) in [6.45, 7) is 1.75. The number of anilines is 1. The first kappa shape index (κ1) is 14.0. The van der Waals surface area contributed by atoms with Crippen molar-refractivity contribution in [1.29, 1.82) is 0 Å². The maximum atomic E-state index is 11.5. The fraction of sp³-hybridized carbons (Fsp3) is 0.455. The Morgan fingerprint density at radius 3 is 2.24 bits per heavy atom. The predicted octanol–water partition coefficient (Wildman–Crippen LogP) is 0.568. The normalized spacial score (nSPS) is 11.8. The van der Waals surface area contributed by atoms with Gasteiger partial charge in [0, 0.05) is 18.8 Å². The van der Waals surface area contributed by atoms with Crippen molar-refractivity contribution in [3.8, 4) is 0 Å². The van der Waals surface area contributed by atoms with Crippen LogP contribution in [0.4, 0.5) is 5.69 Å². The zero-order chi connectivity index (χ0) is 12.9. The molecule has 1 aromatic carbocycles. The van der Waals surface area contributed by atoms with Gasteiger partial charge in [-0.15, -0.1) is 0 Å². The van der Waals surface area contributed by atoms with Crippen molar-refractivity contribution in [2.24, 2.45) is 0 Å². The van der Waals surface area contributed by atoms with Crippen LogP contribution in [0.5, 0.6) is 0 Å². The first-order valence-corrected chi connectivity index (χ1v) is 6.86. The molecule has 6 heteroatoms. The third-order valence-corrected chi connectivity index (χ3v) is 3.75. The lowest BCUT2D eigenvalue weighted by Gasteiger charge is -2.11. The molecule has 0 aromatic heterocycles. The smallest absolute Gasteiger partial charge is 0.240 e. The molecule has 96 valence electrons. The molecule has 0 aliphatic carbocycles. The van der Waals surface area contributed by atoms with Gasteiger partial charge < -0.3 is 10.2 Å². The molecular weight excluding hydrogens is 238 g/mol. The summed E-state index contributed by atoms with van der Waals surface area (Å²) < 4.78 is 25.2. The van der Waals surface area contributed by atoms with Crippen LogP contribution in [-0.2, 0) is 10.0 Å². The van der Waals surface area contributed by atoms with E-state index in [9.17, 15) is 8.42 Å². The van der Waals surface area contributed by atoms with Crippen LogP contribution in [0.2, 0.25) is 0 Å². The van der Waals surface area contributed by atoms with E-state index in [0.29, 0.717) is 0 Å². The van der Waals surface area contributed by atoms with Gasteiger partial charge in [0.25, 0.3) is 0 Å². The third kappa shape index (κ3) is 4.33. The first-order chi connectivity index (χ1) is 7.95. The van der Waals surface area contributed by atoms with Gasteiger partial charge in [-0.1, -0.05) is 0 Å². The SMILES string of the molecule is CNS(=O)(=O)c1ccc(NCCN(C)C)cc1. The molecule has 0 atom stereocenters. The van der Waals surface area contributed by atoms with E-state index in [1.807, 2.05) is 14.1 Å². The monoisotopic (exact) mass is 257 g/mol. The standard InChI is InChI=1S/C11H19N3O2S/c1-12-17(15,16)11-6-4-10(5-7-11)13-8-9-14(2)3/h4-7,12-13H,8-9H2,1-3H3. The predicted molar refractivity (Wildman–Crippen MR) is 69.7 cm³/mol. The molecule has 0 saturated heterocycles. The zero-order valence-electron chi connectivity index (χ0n) is 10.4. The maximum absolute atomic E-state index is 11.5. The van der Waals surface area contributed by atoms with E-state index in [1.165, 1.54) is 7.05 Å². The Kier molecular flexibility index (Phi) is 4.92. The van der Waals surface area contributed by atoms with Crippen LogP contribution in [0.25, 0.3) is 0 Å². The van der Waals surface area contributed by atoms with E-state index in [2.05, 4.69) is 14.9 Å². The van der Waals surface area contributed by atoms with E-state index < -0.39 is 10.0 Å². The topological polar surface area (TPSA) is 61.4 Å². The van der Waals surface area contributed by atoms with Gasteiger partial charge in [0.15, 0.2) is 0 Å². The van der Waals surface area contributed by atoms with Crippen molar-refractivity contribution < 1.29 is 8.42 Å². The molecule has 17 heavy (non-hydrogen) atoms. The van der Waals surface area contributed by atoms with Gasteiger partial charge in [0.1, 0.15) is 0 Å². The van der Waals surface area contributed by atoms with Gasteiger partial charge in [-0.25, -0.2) is 13.1 Å². The number of rotatable bonds is 6. The minimum atomic E-state index is -3.33. The number of hydrogen-bond acceptors (Lipinski definition) is 4. The lowest BCUT2D eigenvalue weighted by atomic mass is 10.3. The molecule has 0 fully saturated rings. The number of hydrogen-bond donors (Lipinski definition) is 2. The molecule has 0 radical (unpaired) electrons. The summed E-state index contributed by atoms with van der Waals surface area (Å²) in [5.41, 5.74) is 0.918. The number of likely N-dealkylation sites (N-methyl/N-ethyl adjacent to an activating group) is 1. The summed E-state index contributed by atoms with van der Waals surface area (Å²) in [4.78, 5) is 2.35. The Balaban J connectivity index is 2.63. The van der Waals surface area contributed by atoms with Crippen LogP contribution < -0.4 is 10.0 Å². The van der Waals surface area contributed by atoms with Crippen LogP contribution in [0.15, 0.2) is 29.2 Å². The van der Waals surface area contributed by atoms with E-state index in [4.69, 9.17) is 0 Å². The highest BCUT2D eigenvalue weighted by Crippen LogP contribution is 2.13. The summed E-state index contributed by atoms with van der Waals surface area (Å²) >= 11 is 0. The fourth-order valence-electron chi connectivity index (χ4n) is 1.29. The fourth-order valence-corrected chi connectivity index (χ4v) is 2.02. The van der Waals surface area contributed by atoms with Crippen LogP contribution in [-0.4, -0.2) is 47.6 Å². The molecule has 2 N–H and O–H groups in total. The number of sulfonamides is 1. The molecule has 0 unspecified atom stereocenters. The largest absolute Gasteiger partial charge is 0.384 e. The average molecular weight is 257 g/mol. The zero-order valence-corrected chi connectivity index (χ0v) is 11.2. The lowest BCUT2D eigenvalue weighted by molar-refractivity contribution is 0.425. The number of nitrogens with one attached hydrogen (secondary N) is 2. The Hall–Kier alpha value is -1.11. The highest BCUT2D eigenvalue weighted by Gasteiger charge is 2.09. The van der Waals surface area contributed by atoms with Crippen molar-refractivity contribution in [1.82, 2.24) is 9.62 Å². The van der Waals surface area contributed by atoms with Gasteiger partial charge in [-0.2, -0.15) is 0 Å². The quantitative estimate of drug-likeness (QED) is 0.782. The summed E-state index contributed by atoms with van der Waals surface area (Å²) in [5, 5.41) is 3.22. The summed E-state index contributed by atoms with van der Waals surface area (Å²) in [5.74, 6) is 0. The van der Waals surface area contributed by atoms with Gasteiger partial charge in [-0.05, 0) is 45.4 Å². The minimum Gasteiger partial charge on any atom is -0.384 e. The molecule has 0 saturated carbocycles. The molecule has 1 rings (SSSR count). The maximum Gasteiger partial charge on any atom is 0.240 e. The highest BCUT2D eigenvalue weighted by atomic mass is 32.2. The van der Waals surface area contributed by atoms with Gasteiger partial charge in [0.05, 0.1) is 4.90 Å². The van der Waals surface area contributed by atoms with Crippen molar-refractivity contribution in [3.63, 3.8) is 0 Å². The molecule has 0 amide bonds. The first-order valence-electron chi connectivity index (χ1n) is 5.38. The van der Waals surface area contributed by atoms with E-state index >= 15 is 0 Å². The molecular formula is C11H19N3O2S. The van der Waals surface area contributed by atoms with Crippen molar-refractivity contribution in [3.05, 3.63) is 24.3 Å². The Labute approximate surface area is 103 Å². The van der Waals surface area contributed by atoms with E-state index in [1.54, 1.807) is 24.3 Å². The average Bonchev–Trinajstić information content (AvgIpc) is 2.29. The van der Waals surface area contributed by atoms with Gasteiger partial charge in [0.2, 0.25) is 10.0 Å². The van der Waals surface area contributed by atoms with E-state index in [-0.39, 0.29) is 4.90 Å². The highest BCUT2D eigenvalue weighted by molar-refractivity contribution is 7.89. The van der Waals surface area contributed by atoms with Crippen LogP contribution in [0.3, 0.4) is 0 Å². The molecule has 0 bridgehead atoms. The summed E-state index contributed by atoms with van der Waals surface area (Å²) in [6.07, 6.45) is 0. The molecule has 0 aliphatic heterocycles. The lowest BCUT2D eigenvalue weighted by Crippen LogP contribution is -2.21. The van der Waals surface area contributed by atoms with Crippen LogP contribution in [0, 0.1) is 0 Å². The van der Waals surface area contributed by atoms with Crippen molar-refractivity contribution in [2.45, 2.75) is 4.90 Å². The summed E-state index contributed by atoms with van der Waals surface area (Å²) in [6, 6.07) is 6.70. The Morgan fingerprint density at radius 2 is 1.76 bits per heavy atom.